The lowest BCUT2D eigenvalue weighted by atomic mass is 10.2. The summed E-state index contributed by atoms with van der Waals surface area (Å²) in [6.45, 7) is 3.17. The molecule has 0 spiro atoms. The average Bonchev–Trinajstić information content (AvgIpc) is 3.11. The Morgan fingerprint density at radius 2 is 1.86 bits per heavy atom. The third kappa shape index (κ3) is 4.82. The maximum Gasteiger partial charge on any atom is 0.351 e. The van der Waals surface area contributed by atoms with Crippen molar-refractivity contribution in [2.75, 3.05) is 5.32 Å². The minimum absolute atomic E-state index is 0.316. The Morgan fingerprint density at radius 3 is 2.48 bits per heavy atom. The number of nitrogens with zero attached hydrogens (tertiary/aromatic N) is 2. The lowest BCUT2D eigenvalue weighted by Crippen LogP contribution is -2.30. The van der Waals surface area contributed by atoms with Crippen molar-refractivity contribution in [2.24, 2.45) is 5.73 Å². The van der Waals surface area contributed by atoms with Crippen LogP contribution in [0.15, 0.2) is 48.7 Å². The molecule has 0 saturated carbocycles. The zero-order valence-corrected chi connectivity index (χ0v) is 16.5. The van der Waals surface area contributed by atoms with Crippen molar-refractivity contribution in [3.63, 3.8) is 0 Å². The third-order valence-corrected chi connectivity index (χ3v) is 5.12. The fourth-order valence-corrected chi connectivity index (χ4v) is 3.34. The quantitative estimate of drug-likeness (QED) is 0.602. The highest BCUT2D eigenvalue weighted by Gasteiger charge is 2.23. The van der Waals surface area contributed by atoms with Gasteiger partial charge in [0, 0.05) is 17.4 Å². The summed E-state index contributed by atoms with van der Waals surface area (Å²) in [6, 6.07) is 11.5. The van der Waals surface area contributed by atoms with Crippen LogP contribution in [0.3, 0.4) is 0 Å². The molecule has 148 valence electrons. The zero-order valence-electron chi connectivity index (χ0n) is 15.7. The molecule has 0 aliphatic carbocycles. The Hall–Kier alpha value is -3.59. The van der Waals surface area contributed by atoms with Gasteiger partial charge in [-0.3, -0.25) is 14.6 Å². The van der Waals surface area contributed by atoms with Gasteiger partial charge in [0.05, 0.1) is 11.4 Å². The number of amides is 2. The molecule has 0 aliphatic rings. The predicted octanol–water partition coefficient (Wildman–Crippen LogP) is 2.80. The van der Waals surface area contributed by atoms with Crippen LogP contribution in [-0.2, 0) is 9.53 Å². The van der Waals surface area contributed by atoms with E-state index in [-0.39, 0.29) is 0 Å². The Labute approximate surface area is 170 Å². The largest absolute Gasteiger partial charge is 0.448 e. The Morgan fingerprint density at radius 1 is 1.14 bits per heavy atom. The molecule has 0 unspecified atom stereocenters. The molecule has 9 heteroatoms. The average molecular weight is 410 g/mol. The predicted molar refractivity (Wildman–Crippen MR) is 109 cm³/mol. The number of thiazole rings is 1. The molecule has 1 atom stereocenters. The minimum atomic E-state index is -1.03. The number of pyridine rings is 1. The van der Waals surface area contributed by atoms with Crippen molar-refractivity contribution in [3.05, 3.63) is 64.8 Å². The number of hydrogen-bond donors (Lipinski definition) is 2. The van der Waals surface area contributed by atoms with Crippen molar-refractivity contribution in [2.45, 2.75) is 20.0 Å². The summed E-state index contributed by atoms with van der Waals surface area (Å²) in [5.41, 5.74) is 7.13. The number of anilines is 1. The monoisotopic (exact) mass is 410 g/mol. The van der Waals surface area contributed by atoms with E-state index in [1.165, 1.54) is 19.1 Å². The number of aromatic nitrogens is 2. The van der Waals surface area contributed by atoms with Crippen LogP contribution in [0.1, 0.15) is 32.6 Å². The summed E-state index contributed by atoms with van der Waals surface area (Å²) in [7, 11) is 0. The number of ether oxygens (including phenoxy) is 1. The van der Waals surface area contributed by atoms with Gasteiger partial charge in [-0.2, -0.15) is 0 Å². The van der Waals surface area contributed by atoms with E-state index in [1.807, 2.05) is 6.07 Å². The fourth-order valence-electron chi connectivity index (χ4n) is 2.41. The van der Waals surface area contributed by atoms with Crippen LogP contribution >= 0.6 is 11.3 Å². The van der Waals surface area contributed by atoms with Crippen molar-refractivity contribution in [1.29, 1.82) is 0 Å². The standard InChI is InChI=1S/C20H18N4O4S/c1-11-16(29-19(23-11)15-5-3-4-10-22-15)20(27)28-12(2)18(26)24-14-8-6-13(7-9-14)17(21)25/h3-10,12H,1-2H3,(H2,21,25)(H,24,26)/t12-/m1/s1. The van der Waals surface area contributed by atoms with Crippen LogP contribution in [0.25, 0.3) is 10.7 Å². The maximum atomic E-state index is 12.5. The summed E-state index contributed by atoms with van der Waals surface area (Å²) in [6.07, 6.45) is 0.616. The number of carbonyl (C=O) groups excluding carboxylic acids is 3. The molecule has 8 nitrogen and oxygen atoms in total. The summed E-state index contributed by atoms with van der Waals surface area (Å²) >= 11 is 1.16. The third-order valence-electron chi connectivity index (χ3n) is 3.96. The van der Waals surface area contributed by atoms with E-state index in [0.29, 0.717) is 32.5 Å². The minimum Gasteiger partial charge on any atom is -0.448 e. The van der Waals surface area contributed by atoms with Crippen LogP contribution in [-0.4, -0.2) is 33.9 Å². The molecule has 29 heavy (non-hydrogen) atoms. The molecule has 2 heterocycles. The first-order valence-corrected chi connectivity index (χ1v) is 9.47. The topological polar surface area (TPSA) is 124 Å². The number of benzene rings is 1. The number of primary amides is 1. The second-order valence-corrected chi connectivity index (χ2v) is 7.13. The van der Waals surface area contributed by atoms with Gasteiger partial charge in [-0.25, -0.2) is 9.78 Å². The van der Waals surface area contributed by atoms with E-state index in [1.54, 1.807) is 37.4 Å². The number of hydrogen-bond acceptors (Lipinski definition) is 7. The van der Waals surface area contributed by atoms with Crippen molar-refractivity contribution < 1.29 is 19.1 Å². The van der Waals surface area contributed by atoms with E-state index in [0.717, 1.165) is 11.3 Å². The first-order valence-electron chi connectivity index (χ1n) is 8.65. The van der Waals surface area contributed by atoms with Crippen LogP contribution in [0.5, 0.6) is 0 Å². The molecule has 2 amide bonds. The molecule has 1 aromatic carbocycles. The van der Waals surface area contributed by atoms with E-state index in [9.17, 15) is 14.4 Å². The number of carbonyl (C=O) groups is 3. The zero-order chi connectivity index (χ0) is 21.0. The van der Waals surface area contributed by atoms with Gasteiger partial charge in [0.2, 0.25) is 5.91 Å². The van der Waals surface area contributed by atoms with Gasteiger partial charge >= 0.3 is 5.97 Å². The molecular formula is C20H18N4O4S. The molecule has 2 aromatic heterocycles. The maximum absolute atomic E-state index is 12.5. The van der Waals surface area contributed by atoms with E-state index < -0.39 is 23.9 Å². The second-order valence-electron chi connectivity index (χ2n) is 6.13. The van der Waals surface area contributed by atoms with E-state index >= 15 is 0 Å². The number of aryl methyl sites for hydroxylation is 1. The van der Waals surface area contributed by atoms with Crippen molar-refractivity contribution >= 4 is 34.8 Å². The Bertz CT molecular complexity index is 1050. The second kappa shape index (κ2) is 8.61. The first-order chi connectivity index (χ1) is 13.8. The molecule has 0 saturated heterocycles. The lowest BCUT2D eigenvalue weighted by molar-refractivity contribution is -0.123. The number of nitrogens with two attached hydrogens (primary N) is 1. The molecule has 0 bridgehead atoms. The SMILES string of the molecule is Cc1nc(-c2ccccn2)sc1C(=O)O[C@H](C)C(=O)Nc1ccc(C(N)=O)cc1. The summed E-state index contributed by atoms with van der Waals surface area (Å²) in [5.74, 6) is -1.69. The Balaban J connectivity index is 1.65. The van der Waals surface area contributed by atoms with Gasteiger partial charge in [-0.05, 0) is 50.2 Å². The van der Waals surface area contributed by atoms with Gasteiger partial charge in [-0.15, -0.1) is 11.3 Å². The van der Waals surface area contributed by atoms with Crippen LogP contribution in [0.2, 0.25) is 0 Å². The van der Waals surface area contributed by atoms with Crippen LogP contribution < -0.4 is 11.1 Å². The van der Waals surface area contributed by atoms with Gasteiger partial charge in [0.25, 0.3) is 5.91 Å². The lowest BCUT2D eigenvalue weighted by Gasteiger charge is -2.13. The van der Waals surface area contributed by atoms with Crippen LogP contribution in [0, 0.1) is 6.92 Å². The number of rotatable bonds is 6. The highest BCUT2D eigenvalue weighted by atomic mass is 32.1. The molecule has 0 aliphatic heterocycles. The molecule has 3 N–H and O–H groups in total. The van der Waals surface area contributed by atoms with E-state index in [4.69, 9.17) is 10.5 Å². The van der Waals surface area contributed by atoms with E-state index in [2.05, 4.69) is 15.3 Å². The molecule has 0 fully saturated rings. The normalized spacial score (nSPS) is 11.5. The number of nitrogens with one attached hydrogen (secondary N) is 1. The van der Waals surface area contributed by atoms with Gasteiger partial charge in [-0.1, -0.05) is 6.07 Å². The summed E-state index contributed by atoms with van der Waals surface area (Å²) in [5, 5.41) is 3.22. The van der Waals surface area contributed by atoms with Crippen molar-refractivity contribution in [3.8, 4) is 10.7 Å². The number of esters is 1. The Kier molecular flexibility index (Phi) is 5.99. The molecule has 3 aromatic rings. The van der Waals surface area contributed by atoms with Gasteiger partial charge < -0.3 is 15.8 Å². The molecular weight excluding hydrogens is 392 g/mol. The van der Waals surface area contributed by atoms with Crippen LogP contribution in [0.4, 0.5) is 5.69 Å². The smallest absolute Gasteiger partial charge is 0.351 e. The fraction of sp³-hybridized carbons (Fsp3) is 0.150. The van der Waals surface area contributed by atoms with Gasteiger partial charge in [0.15, 0.2) is 6.10 Å². The molecule has 3 rings (SSSR count). The first kappa shape index (κ1) is 20.2. The summed E-state index contributed by atoms with van der Waals surface area (Å²) < 4.78 is 5.29. The summed E-state index contributed by atoms with van der Waals surface area (Å²) in [4.78, 5) is 44.8. The van der Waals surface area contributed by atoms with Crippen molar-refractivity contribution in [1.82, 2.24) is 9.97 Å². The van der Waals surface area contributed by atoms with Gasteiger partial charge in [0.1, 0.15) is 9.88 Å². The highest BCUT2D eigenvalue weighted by molar-refractivity contribution is 7.17. The highest BCUT2D eigenvalue weighted by Crippen LogP contribution is 2.27. The molecule has 0 radical (unpaired) electrons.